The van der Waals surface area contributed by atoms with Crippen molar-refractivity contribution in [3.63, 3.8) is 0 Å². The Morgan fingerprint density at radius 1 is 1.14 bits per heavy atom. The summed E-state index contributed by atoms with van der Waals surface area (Å²) in [4.78, 5) is 19.3. The number of nitrogens with zero attached hydrogens (tertiary/aromatic N) is 3. The van der Waals surface area contributed by atoms with Gasteiger partial charge in [0.05, 0.1) is 17.8 Å². The molecule has 1 amide bonds. The van der Waals surface area contributed by atoms with Crippen molar-refractivity contribution >= 4 is 28.9 Å². The van der Waals surface area contributed by atoms with Crippen LogP contribution in [0.2, 0.25) is 0 Å². The molecule has 2 atom stereocenters. The highest BCUT2D eigenvalue weighted by Gasteiger charge is 2.41. The number of carbonyl (C=O) groups is 1. The molecule has 29 heavy (non-hydrogen) atoms. The number of thiocarbonyl (C=S) groups is 1. The molecule has 1 saturated heterocycles. The van der Waals surface area contributed by atoms with Crippen molar-refractivity contribution in [3.8, 4) is 0 Å². The van der Waals surface area contributed by atoms with Gasteiger partial charge in [-0.2, -0.15) is 0 Å². The number of pyridine rings is 1. The van der Waals surface area contributed by atoms with E-state index in [-0.39, 0.29) is 24.5 Å². The summed E-state index contributed by atoms with van der Waals surface area (Å²) in [6.45, 7) is 3.10. The molecule has 0 aliphatic carbocycles. The lowest BCUT2D eigenvalue weighted by Crippen LogP contribution is -2.37. The first-order chi connectivity index (χ1) is 14.2. The minimum Gasteiger partial charge on any atom is -0.352 e. The van der Waals surface area contributed by atoms with Crippen LogP contribution in [0.25, 0.3) is 0 Å². The van der Waals surface area contributed by atoms with Gasteiger partial charge >= 0.3 is 0 Å². The van der Waals surface area contributed by atoms with E-state index in [0.717, 1.165) is 23.6 Å². The van der Waals surface area contributed by atoms with Crippen molar-refractivity contribution in [3.05, 3.63) is 84.4 Å². The molecule has 7 heteroatoms. The summed E-state index contributed by atoms with van der Waals surface area (Å²) in [5.74, 6) is -0.110. The van der Waals surface area contributed by atoms with Crippen molar-refractivity contribution in [1.29, 1.82) is 0 Å². The van der Waals surface area contributed by atoms with E-state index in [2.05, 4.69) is 39.4 Å². The maximum Gasteiger partial charge on any atom is 0.244 e. The Hall–Kier alpha value is -3.19. The zero-order valence-electron chi connectivity index (χ0n) is 16.2. The number of aromatic nitrogens is 2. The van der Waals surface area contributed by atoms with Gasteiger partial charge in [-0.1, -0.05) is 24.3 Å². The standard InChI is InChI=1S/C22H23N5OS/c1-2-26-14-8-12-18(26)21-20(17-11-6-7-13-23-17)25-22(29)27(21)15-19(28)24-16-9-4-3-5-10-16/h3-14,20-21H,2,15H2,1H3,(H,24,28)(H,25,29)/t20-,21+/m1/s1. The lowest BCUT2D eigenvalue weighted by Gasteiger charge is -2.28. The number of aryl methyl sites for hydroxylation is 1. The number of hydrogen-bond donors (Lipinski definition) is 2. The first-order valence-corrected chi connectivity index (χ1v) is 10.1. The summed E-state index contributed by atoms with van der Waals surface area (Å²) in [5, 5.41) is 6.88. The summed E-state index contributed by atoms with van der Waals surface area (Å²) in [6.07, 6.45) is 3.83. The van der Waals surface area contributed by atoms with Gasteiger partial charge in [-0.15, -0.1) is 0 Å². The Labute approximate surface area is 175 Å². The van der Waals surface area contributed by atoms with Gasteiger partial charge in [0.25, 0.3) is 0 Å². The second-order valence-electron chi connectivity index (χ2n) is 6.89. The number of anilines is 1. The summed E-state index contributed by atoms with van der Waals surface area (Å²) in [5.41, 5.74) is 2.77. The van der Waals surface area contributed by atoms with E-state index < -0.39 is 0 Å². The quantitative estimate of drug-likeness (QED) is 0.615. The molecule has 0 saturated carbocycles. The van der Waals surface area contributed by atoms with E-state index in [1.165, 1.54) is 0 Å². The maximum absolute atomic E-state index is 12.8. The first kappa shape index (κ1) is 19.1. The number of hydrogen-bond acceptors (Lipinski definition) is 3. The number of rotatable bonds is 6. The Morgan fingerprint density at radius 2 is 1.93 bits per heavy atom. The topological polar surface area (TPSA) is 62.2 Å². The Bertz CT molecular complexity index is 989. The Balaban J connectivity index is 1.64. The van der Waals surface area contributed by atoms with Crippen LogP contribution in [0.15, 0.2) is 73.1 Å². The van der Waals surface area contributed by atoms with Crippen molar-refractivity contribution in [1.82, 2.24) is 19.8 Å². The van der Waals surface area contributed by atoms with E-state index in [4.69, 9.17) is 12.2 Å². The van der Waals surface area contributed by atoms with Gasteiger partial charge in [0, 0.05) is 30.3 Å². The molecule has 1 aliphatic heterocycles. The Kier molecular flexibility index (Phi) is 5.57. The third-order valence-corrected chi connectivity index (χ3v) is 5.43. The summed E-state index contributed by atoms with van der Waals surface area (Å²) in [7, 11) is 0. The summed E-state index contributed by atoms with van der Waals surface area (Å²) < 4.78 is 2.18. The number of amides is 1. The Morgan fingerprint density at radius 3 is 2.66 bits per heavy atom. The summed E-state index contributed by atoms with van der Waals surface area (Å²) in [6, 6.07) is 19.1. The van der Waals surface area contributed by atoms with E-state index in [9.17, 15) is 4.79 Å². The fourth-order valence-electron chi connectivity index (χ4n) is 3.76. The molecule has 0 unspecified atom stereocenters. The van der Waals surface area contributed by atoms with E-state index >= 15 is 0 Å². The van der Waals surface area contributed by atoms with Gasteiger partial charge < -0.3 is 20.1 Å². The monoisotopic (exact) mass is 405 g/mol. The van der Waals surface area contributed by atoms with E-state index in [0.29, 0.717) is 5.11 Å². The molecule has 1 aromatic carbocycles. The second kappa shape index (κ2) is 8.45. The van der Waals surface area contributed by atoms with Crippen LogP contribution in [0.1, 0.15) is 30.4 Å². The lowest BCUT2D eigenvalue weighted by atomic mass is 10.0. The fraction of sp³-hybridized carbons (Fsp3) is 0.227. The van der Waals surface area contributed by atoms with Crippen LogP contribution in [0.3, 0.4) is 0 Å². The zero-order chi connectivity index (χ0) is 20.2. The zero-order valence-corrected chi connectivity index (χ0v) is 17.0. The minimum atomic E-state index is -0.131. The molecule has 6 nitrogen and oxygen atoms in total. The van der Waals surface area contributed by atoms with Crippen LogP contribution < -0.4 is 10.6 Å². The molecule has 0 bridgehead atoms. The van der Waals surface area contributed by atoms with Crippen LogP contribution >= 0.6 is 12.2 Å². The largest absolute Gasteiger partial charge is 0.352 e. The highest BCUT2D eigenvalue weighted by Crippen LogP contribution is 2.38. The number of carbonyl (C=O) groups excluding carboxylic acids is 1. The maximum atomic E-state index is 12.8. The van der Waals surface area contributed by atoms with Gasteiger partial charge in [0.2, 0.25) is 5.91 Å². The van der Waals surface area contributed by atoms with Crippen molar-refractivity contribution in [2.24, 2.45) is 0 Å². The first-order valence-electron chi connectivity index (χ1n) is 9.65. The molecule has 2 aromatic heterocycles. The predicted octanol–water partition coefficient (Wildman–Crippen LogP) is 3.51. The third-order valence-electron chi connectivity index (χ3n) is 5.08. The smallest absolute Gasteiger partial charge is 0.244 e. The molecule has 4 rings (SSSR count). The number of nitrogens with one attached hydrogen (secondary N) is 2. The van der Waals surface area contributed by atoms with Crippen LogP contribution in [-0.4, -0.2) is 32.0 Å². The molecule has 0 radical (unpaired) electrons. The highest BCUT2D eigenvalue weighted by atomic mass is 32.1. The SMILES string of the molecule is CCn1cccc1[C@H]1[C@@H](c2ccccn2)NC(=S)N1CC(=O)Nc1ccccc1. The molecular weight excluding hydrogens is 382 g/mol. The average molecular weight is 406 g/mol. The lowest BCUT2D eigenvalue weighted by molar-refractivity contribution is -0.116. The third kappa shape index (κ3) is 4.00. The molecule has 1 aliphatic rings. The molecule has 3 aromatic rings. The van der Waals surface area contributed by atoms with Gasteiger partial charge in [-0.25, -0.2) is 0 Å². The van der Waals surface area contributed by atoms with Crippen LogP contribution in [0.4, 0.5) is 5.69 Å². The number of para-hydroxylation sites is 1. The second-order valence-corrected chi connectivity index (χ2v) is 7.27. The fourth-order valence-corrected chi connectivity index (χ4v) is 4.06. The average Bonchev–Trinajstić information content (AvgIpc) is 3.33. The molecule has 1 fully saturated rings. The van der Waals surface area contributed by atoms with Crippen molar-refractivity contribution in [2.75, 3.05) is 11.9 Å². The van der Waals surface area contributed by atoms with Crippen molar-refractivity contribution in [2.45, 2.75) is 25.6 Å². The predicted molar refractivity (Wildman–Crippen MR) is 117 cm³/mol. The van der Waals surface area contributed by atoms with Crippen LogP contribution in [0, 0.1) is 0 Å². The minimum absolute atomic E-state index is 0.110. The van der Waals surface area contributed by atoms with Gasteiger partial charge in [-0.3, -0.25) is 9.78 Å². The van der Waals surface area contributed by atoms with E-state index in [1.807, 2.05) is 59.5 Å². The van der Waals surface area contributed by atoms with Gasteiger partial charge in [0.15, 0.2) is 5.11 Å². The molecular formula is C22H23N5OS. The molecule has 0 spiro atoms. The molecule has 148 valence electrons. The van der Waals surface area contributed by atoms with Gasteiger partial charge in [-0.05, 0) is 55.5 Å². The summed E-state index contributed by atoms with van der Waals surface area (Å²) >= 11 is 5.63. The van der Waals surface area contributed by atoms with E-state index in [1.54, 1.807) is 6.20 Å². The van der Waals surface area contributed by atoms with Gasteiger partial charge in [0.1, 0.15) is 6.54 Å². The van der Waals surface area contributed by atoms with Crippen molar-refractivity contribution < 1.29 is 4.79 Å². The highest BCUT2D eigenvalue weighted by molar-refractivity contribution is 7.80. The van der Waals surface area contributed by atoms with Crippen LogP contribution in [-0.2, 0) is 11.3 Å². The molecule has 2 N–H and O–H groups in total. The van der Waals surface area contributed by atoms with Crippen LogP contribution in [0.5, 0.6) is 0 Å². The number of benzene rings is 1. The normalized spacial score (nSPS) is 18.5. The molecule has 3 heterocycles.